The number of rotatable bonds is 8. The van der Waals surface area contributed by atoms with E-state index in [2.05, 4.69) is 10.6 Å². The maximum Gasteiger partial charge on any atom is 0.248 e. The standard InChI is InChI=1S/C19H27N3O3/c1-12(2)18(20)19(24)22-16(13-4-5-13)10-11-17(23)21-14-6-8-15(25-3)9-7-14/h6-13,16,18H,4-5,20H2,1-3H3,(H,21,23)(H,22,24)/t16-,18+/m1/s1. The van der Waals surface area contributed by atoms with E-state index in [0.717, 1.165) is 18.6 Å². The number of nitrogens with two attached hydrogens (primary N) is 1. The summed E-state index contributed by atoms with van der Waals surface area (Å²) in [5, 5.41) is 5.73. The van der Waals surface area contributed by atoms with Gasteiger partial charge in [-0.15, -0.1) is 0 Å². The predicted octanol–water partition coefficient (Wildman–Crippen LogP) is 2.07. The van der Waals surface area contributed by atoms with Crippen molar-refractivity contribution in [3.63, 3.8) is 0 Å². The maximum absolute atomic E-state index is 12.1. The maximum atomic E-state index is 12.1. The van der Waals surface area contributed by atoms with Crippen LogP contribution in [0.4, 0.5) is 5.69 Å². The molecule has 1 fully saturated rings. The summed E-state index contributed by atoms with van der Waals surface area (Å²) in [7, 11) is 1.59. The fourth-order valence-corrected chi connectivity index (χ4v) is 2.39. The lowest BCUT2D eigenvalue weighted by Crippen LogP contribution is -2.48. The van der Waals surface area contributed by atoms with Crippen molar-refractivity contribution in [1.82, 2.24) is 5.32 Å². The van der Waals surface area contributed by atoms with E-state index >= 15 is 0 Å². The van der Waals surface area contributed by atoms with Crippen LogP contribution in [0.15, 0.2) is 36.4 Å². The van der Waals surface area contributed by atoms with Crippen molar-refractivity contribution in [3.05, 3.63) is 36.4 Å². The molecule has 4 N–H and O–H groups in total. The minimum absolute atomic E-state index is 0.0715. The van der Waals surface area contributed by atoms with Gasteiger partial charge in [0.1, 0.15) is 5.75 Å². The number of benzene rings is 1. The first kappa shape index (κ1) is 19.0. The van der Waals surface area contributed by atoms with Crippen molar-refractivity contribution in [3.8, 4) is 5.75 Å². The van der Waals surface area contributed by atoms with Gasteiger partial charge < -0.3 is 21.1 Å². The second-order valence-corrected chi connectivity index (χ2v) is 6.72. The number of nitrogens with one attached hydrogen (secondary N) is 2. The Morgan fingerprint density at radius 1 is 1.24 bits per heavy atom. The Hall–Kier alpha value is -2.34. The molecule has 1 saturated carbocycles. The Morgan fingerprint density at radius 3 is 2.40 bits per heavy atom. The van der Waals surface area contributed by atoms with Gasteiger partial charge in [0.15, 0.2) is 0 Å². The molecule has 0 heterocycles. The van der Waals surface area contributed by atoms with Crippen LogP contribution in [0.5, 0.6) is 5.75 Å². The molecule has 0 saturated heterocycles. The van der Waals surface area contributed by atoms with E-state index in [9.17, 15) is 9.59 Å². The highest BCUT2D eigenvalue weighted by Gasteiger charge is 2.32. The Bertz CT molecular complexity index is 621. The Morgan fingerprint density at radius 2 is 1.88 bits per heavy atom. The molecule has 2 amide bonds. The third-order valence-corrected chi connectivity index (χ3v) is 4.27. The van der Waals surface area contributed by atoms with Gasteiger partial charge in [0.2, 0.25) is 11.8 Å². The number of carbonyl (C=O) groups excluding carboxylic acids is 2. The molecule has 0 bridgehead atoms. The molecule has 136 valence electrons. The molecule has 2 atom stereocenters. The zero-order valence-corrected chi connectivity index (χ0v) is 15.0. The number of carbonyl (C=O) groups is 2. The molecule has 1 aliphatic carbocycles. The van der Waals surface area contributed by atoms with Gasteiger partial charge in [0.25, 0.3) is 0 Å². The largest absolute Gasteiger partial charge is 0.497 e. The SMILES string of the molecule is COc1ccc(NC(=O)C=C[C@@H](NC(=O)[C@@H](N)C(C)C)C2CC2)cc1. The van der Waals surface area contributed by atoms with Crippen molar-refractivity contribution in [2.75, 3.05) is 12.4 Å². The molecule has 6 heteroatoms. The molecule has 0 radical (unpaired) electrons. The quantitative estimate of drug-likeness (QED) is 0.629. The van der Waals surface area contributed by atoms with Crippen molar-refractivity contribution in [2.24, 2.45) is 17.6 Å². The lowest BCUT2D eigenvalue weighted by atomic mass is 10.0. The predicted molar refractivity (Wildman–Crippen MR) is 98.2 cm³/mol. The smallest absolute Gasteiger partial charge is 0.248 e. The number of hydrogen-bond donors (Lipinski definition) is 3. The highest BCUT2D eigenvalue weighted by atomic mass is 16.5. The third kappa shape index (κ3) is 5.90. The van der Waals surface area contributed by atoms with E-state index in [1.807, 2.05) is 13.8 Å². The van der Waals surface area contributed by atoms with Gasteiger partial charge >= 0.3 is 0 Å². The second kappa shape index (κ2) is 8.67. The molecule has 1 aliphatic rings. The summed E-state index contributed by atoms with van der Waals surface area (Å²) in [5.74, 6) is 0.771. The zero-order chi connectivity index (χ0) is 18.4. The number of anilines is 1. The van der Waals surface area contributed by atoms with Crippen LogP contribution in [0.1, 0.15) is 26.7 Å². The molecule has 2 rings (SSSR count). The number of hydrogen-bond acceptors (Lipinski definition) is 4. The fraction of sp³-hybridized carbons (Fsp3) is 0.474. The highest BCUT2D eigenvalue weighted by molar-refractivity contribution is 5.99. The third-order valence-electron chi connectivity index (χ3n) is 4.27. The Kier molecular flexibility index (Phi) is 6.58. The van der Waals surface area contributed by atoms with E-state index in [-0.39, 0.29) is 23.8 Å². The van der Waals surface area contributed by atoms with Gasteiger partial charge in [-0.3, -0.25) is 9.59 Å². The van der Waals surface area contributed by atoms with Crippen LogP contribution < -0.4 is 21.1 Å². The van der Waals surface area contributed by atoms with Gasteiger partial charge in [-0.2, -0.15) is 0 Å². The summed E-state index contributed by atoms with van der Waals surface area (Å²) in [6.07, 6.45) is 5.31. The van der Waals surface area contributed by atoms with Crippen molar-refractivity contribution in [2.45, 2.75) is 38.8 Å². The fourth-order valence-electron chi connectivity index (χ4n) is 2.39. The summed E-state index contributed by atoms with van der Waals surface area (Å²) < 4.78 is 5.08. The van der Waals surface area contributed by atoms with E-state index < -0.39 is 6.04 Å². The first-order valence-electron chi connectivity index (χ1n) is 8.60. The molecule has 6 nitrogen and oxygen atoms in total. The van der Waals surface area contributed by atoms with Crippen LogP contribution in [0.25, 0.3) is 0 Å². The topological polar surface area (TPSA) is 93.5 Å². The highest BCUT2D eigenvalue weighted by Crippen LogP contribution is 2.33. The van der Waals surface area contributed by atoms with Gasteiger partial charge in [0, 0.05) is 11.8 Å². The summed E-state index contributed by atoms with van der Waals surface area (Å²) in [6.45, 7) is 3.82. The van der Waals surface area contributed by atoms with Crippen LogP contribution in [-0.2, 0) is 9.59 Å². The monoisotopic (exact) mass is 345 g/mol. The van der Waals surface area contributed by atoms with Crippen LogP contribution in [0, 0.1) is 11.8 Å². The van der Waals surface area contributed by atoms with Gasteiger partial charge in [0.05, 0.1) is 19.2 Å². The molecule has 25 heavy (non-hydrogen) atoms. The number of ether oxygens (including phenoxy) is 1. The van der Waals surface area contributed by atoms with Crippen LogP contribution >= 0.6 is 0 Å². The lowest BCUT2D eigenvalue weighted by molar-refractivity contribution is -0.123. The zero-order valence-electron chi connectivity index (χ0n) is 15.0. The number of methoxy groups -OCH3 is 1. The first-order valence-corrected chi connectivity index (χ1v) is 8.60. The minimum Gasteiger partial charge on any atom is -0.497 e. The minimum atomic E-state index is -0.539. The molecule has 0 aliphatic heterocycles. The first-order chi connectivity index (χ1) is 11.9. The van der Waals surface area contributed by atoms with Gasteiger partial charge in [-0.05, 0) is 48.9 Å². The molecule has 0 unspecified atom stereocenters. The van der Waals surface area contributed by atoms with Crippen LogP contribution in [-0.4, -0.2) is 31.0 Å². The molecule has 0 spiro atoms. The Labute approximate surface area is 148 Å². The van der Waals surface area contributed by atoms with E-state index in [1.165, 1.54) is 6.08 Å². The van der Waals surface area contributed by atoms with E-state index in [0.29, 0.717) is 11.6 Å². The summed E-state index contributed by atoms with van der Waals surface area (Å²) in [5.41, 5.74) is 6.57. The number of amides is 2. The molecule has 0 aromatic heterocycles. The molecular weight excluding hydrogens is 318 g/mol. The van der Waals surface area contributed by atoms with Crippen LogP contribution in [0.2, 0.25) is 0 Å². The molecular formula is C19H27N3O3. The van der Waals surface area contributed by atoms with E-state index in [4.69, 9.17) is 10.5 Å². The van der Waals surface area contributed by atoms with Crippen molar-refractivity contribution in [1.29, 1.82) is 0 Å². The van der Waals surface area contributed by atoms with Crippen molar-refractivity contribution >= 4 is 17.5 Å². The summed E-state index contributed by atoms with van der Waals surface area (Å²) in [6, 6.07) is 6.40. The van der Waals surface area contributed by atoms with Gasteiger partial charge in [-0.1, -0.05) is 19.9 Å². The van der Waals surface area contributed by atoms with Crippen LogP contribution in [0.3, 0.4) is 0 Å². The van der Waals surface area contributed by atoms with Gasteiger partial charge in [-0.25, -0.2) is 0 Å². The average Bonchev–Trinajstić information content (AvgIpc) is 3.43. The normalized spacial score (nSPS) is 16.5. The summed E-state index contributed by atoms with van der Waals surface area (Å²) >= 11 is 0. The van der Waals surface area contributed by atoms with E-state index in [1.54, 1.807) is 37.5 Å². The average molecular weight is 345 g/mol. The Balaban J connectivity index is 1.91. The lowest BCUT2D eigenvalue weighted by Gasteiger charge is -2.20. The molecule has 1 aromatic carbocycles. The second-order valence-electron chi connectivity index (χ2n) is 6.72. The van der Waals surface area contributed by atoms with Crippen molar-refractivity contribution < 1.29 is 14.3 Å². The summed E-state index contributed by atoms with van der Waals surface area (Å²) in [4.78, 5) is 24.2. The molecule has 1 aromatic rings.